The standard InChI is InChI=1S/C12H24O2.C4H6O2/c1-3-4-5-6-7-11(2)8-13-9-12-10-14-12;1-3(2)4(5)6/h11-12H,3-10H2,1-2H3;1H2,2H3,(H,5,6). The number of unbranched alkanes of at least 4 members (excludes halogenated alkanes) is 3. The quantitative estimate of drug-likeness (QED) is 0.378. The third kappa shape index (κ3) is 13.6. The lowest BCUT2D eigenvalue weighted by atomic mass is 10.0. The molecule has 20 heavy (non-hydrogen) atoms. The lowest BCUT2D eigenvalue weighted by Crippen LogP contribution is -2.09. The fourth-order valence-corrected chi connectivity index (χ4v) is 1.57. The van der Waals surface area contributed by atoms with Gasteiger partial charge in [0.05, 0.1) is 13.2 Å². The van der Waals surface area contributed by atoms with Gasteiger partial charge >= 0.3 is 5.97 Å². The van der Waals surface area contributed by atoms with Gasteiger partial charge in [-0.3, -0.25) is 0 Å². The lowest BCUT2D eigenvalue weighted by molar-refractivity contribution is -0.132. The van der Waals surface area contributed by atoms with Crippen molar-refractivity contribution in [3.05, 3.63) is 12.2 Å². The molecule has 0 aliphatic carbocycles. The molecule has 0 spiro atoms. The first-order chi connectivity index (χ1) is 9.47. The maximum Gasteiger partial charge on any atom is 0.330 e. The molecule has 1 N–H and O–H groups in total. The molecule has 4 heteroatoms. The number of carboxylic acid groups (broad SMARTS) is 1. The Morgan fingerprint density at radius 1 is 1.45 bits per heavy atom. The van der Waals surface area contributed by atoms with Gasteiger partial charge in [0.25, 0.3) is 0 Å². The third-order valence-electron chi connectivity index (χ3n) is 3.02. The van der Waals surface area contributed by atoms with Gasteiger partial charge in [0.2, 0.25) is 0 Å². The Balaban J connectivity index is 0.000000511. The largest absolute Gasteiger partial charge is 0.478 e. The summed E-state index contributed by atoms with van der Waals surface area (Å²) in [5, 5.41) is 7.89. The smallest absolute Gasteiger partial charge is 0.330 e. The molecule has 2 unspecified atom stereocenters. The van der Waals surface area contributed by atoms with Gasteiger partial charge in [0, 0.05) is 12.2 Å². The Bertz CT molecular complexity index is 260. The van der Waals surface area contributed by atoms with Crippen molar-refractivity contribution in [1.29, 1.82) is 0 Å². The number of carboxylic acids is 1. The van der Waals surface area contributed by atoms with Crippen molar-refractivity contribution in [3.8, 4) is 0 Å². The number of epoxide rings is 1. The summed E-state index contributed by atoms with van der Waals surface area (Å²) in [4.78, 5) is 9.60. The molecule has 0 amide bonds. The van der Waals surface area contributed by atoms with Crippen molar-refractivity contribution in [1.82, 2.24) is 0 Å². The lowest BCUT2D eigenvalue weighted by Gasteiger charge is -2.10. The van der Waals surface area contributed by atoms with Gasteiger partial charge in [-0.25, -0.2) is 4.79 Å². The Morgan fingerprint density at radius 3 is 2.50 bits per heavy atom. The highest BCUT2D eigenvalue weighted by molar-refractivity contribution is 5.84. The maximum absolute atomic E-state index is 9.60. The van der Waals surface area contributed by atoms with Crippen LogP contribution in [-0.2, 0) is 14.3 Å². The first-order valence-corrected chi connectivity index (χ1v) is 7.55. The molecular weight excluding hydrogens is 256 g/mol. The zero-order valence-corrected chi connectivity index (χ0v) is 13.2. The molecule has 0 bridgehead atoms. The molecule has 1 rings (SSSR count). The predicted molar refractivity (Wildman–Crippen MR) is 80.9 cm³/mol. The minimum Gasteiger partial charge on any atom is -0.478 e. The van der Waals surface area contributed by atoms with E-state index in [2.05, 4.69) is 20.4 Å². The first-order valence-electron chi connectivity index (χ1n) is 7.55. The monoisotopic (exact) mass is 286 g/mol. The summed E-state index contributed by atoms with van der Waals surface area (Å²) in [6.45, 7) is 11.8. The van der Waals surface area contributed by atoms with Crippen LogP contribution in [0.1, 0.15) is 52.9 Å². The van der Waals surface area contributed by atoms with Crippen LogP contribution in [0.2, 0.25) is 0 Å². The van der Waals surface area contributed by atoms with Crippen LogP contribution in [0.15, 0.2) is 12.2 Å². The highest BCUT2D eigenvalue weighted by atomic mass is 16.6. The van der Waals surface area contributed by atoms with Gasteiger partial charge in [-0.2, -0.15) is 0 Å². The molecule has 1 aliphatic rings. The zero-order valence-electron chi connectivity index (χ0n) is 13.2. The van der Waals surface area contributed by atoms with E-state index < -0.39 is 5.97 Å². The predicted octanol–water partition coefficient (Wildman–Crippen LogP) is 3.66. The van der Waals surface area contributed by atoms with Crippen LogP contribution in [0.5, 0.6) is 0 Å². The summed E-state index contributed by atoms with van der Waals surface area (Å²) in [6.07, 6.45) is 7.17. The van der Waals surface area contributed by atoms with E-state index in [0.717, 1.165) is 19.8 Å². The van der Waals surface area contributed by atoms with E-state index in [1.165, 1.54) is 39.0 Å². The summed E-state index contributed by atoms with van der Waals surface area (Å²) < 4.78 is 10.6. The highest BCUT2D eigenvalue weighted by Gasteiger charge is 2.22. The molecule has 1 heterocycles. The van der Waals surface area contributed by atoms with Crippen molar-refractivity contribution >= 4 is 5.97 Å². The first kappa shape index (κ1) is 19.1. The minimum absolute atomic E-state index is 0.176. The van der Waals surface area contributed by atoms with Gasteiger partial charge in [-0.05, 0) is 19.3 Å². The topological polar surface area (TPSA) is 59.1 Å². The van der Waals surface area contributed by atoms with E-state index in [0.29, 0.717) is 12.0 Å². The minimum atomic E-state index is -0.935. The summed E-state index contributed by atoms with van der Waals surface area (Å²) in [5.41, 5.74) is 0.176. The van der Waals surface area contributed by atoms with E-state index >= 15 is 0 Å². The molecule has 1 fully saturated rings. The molecule has 0 radical (unpaired) electrons. The van der Waals surface area contributed by atoms with Crippen LogP contribution >= 0.6 is 0 Å². The number of carbonyl (C=O) groups is 1. The van der Waals surface area contributed by atoms with Crippen LogP contribution in [0.4, 0.5) is 0 Å². The van der Waals surface area contributed by atoms with Crippen LogP contribution in [0, 0.1) is 5.92 Å². The molecule has 1 saturated heterocycles. The van der Waals surface area contributed by atoms with Gasteiger partial charge < -0.3 is 14.6 Å². The van der Waals surface area contributed by atoms with Crippen LogP contribution in [0.25, 0.3) is 0 Å². The second kappa shape index (κ2) is 11.9. The van der Waals surface area contributed by atoms with Crippen molar-refractivity contribution in [2.45, 2.75) is 59.0 Å². The molecule has 2 atom stereocenters. The van der Waals surface area contributed by atoms with E-state index in [1.807, 2.05) is 0 Å². The Labute approximate surface area is 123 Å². The second-order valence-corrected chi connectivity index (χ2v) is 5.53. The van der Waals surface area contributed by atoms with E-state index in [1.54, 1.807) is 0 Å². The Hall–Kier alpha value is -0.870. The molecule has 0 aromatic carbocycles. The molecule has 4 nitrogen and oxygen atoms in total. The van der Waals surface area contributed by atoms with Crippen molar-refractivity contribution < 1.29 is 19.4 Å². The van der Waals surface area contributed by atoms with E-state index in [-0.39, 0.29) is 5.57 Å². The van der Waals surface area contributed by atoms with Crippen molar-refractivity contribution in [2.75, 3.05) is 19.8 Å². The third-order valence-corrected chi connectivity index (χ3v) is 3.02. The molecule has 0 aromatic rings. The van der Waals surface area contributed by atoms with Gasteiger partial charge in [0.15, 0.2) is 0 Å². The van der Waals surface area contributed by atoms with E-state index in [9.17, 15) is 4.79 Å². The summed E-state index contributed by atoms with van der Waals surface area (Å²) in [7, 11) is 0. The molecule has 0 saturated carbocycles. The van der Waals surface area contributed by atoms with Crippen molar-refractivity contribution in [3.63, 3.8) is 0 Å². The van der Waals surface area contributed by atoms with Gasteiger partial charge in [-0.1, -0.05) is 46.1 Å². The molecule has 0 aromatic heterocycles. The molecular formula is C16H30O4. The average molecular weight is 286 g/mol. The number of ether oxygens (including phenoxy) is 2. The van der Waals surface area contributed by atoms with Gasteiger partial charge in [-0.15, -0.1) is 0 Å². The summed E-state index contributed by atoms with van der Waals surface area (Å²) >= 11 is 0. The number of hydrogen-bond donors (Lipinski definition) is 1. The highest BCUT2D eigenvalue weighted by Crippen LogP contribution is 2.13. The van der Waals surface area contributed by atoms with E-state index in [4.69, 9.17) is 14.6 Å². The molecule has 118 valence electrons. The van der Waals surface area contributed by atoms with Crippen LogP contribution in [0.3, 0.4) is 0 Å². The zero-order chi connectivity index (χ0) is 15.4. The van der Waals surface area contributed by atoms with Gasteiger partial charge in [0.1, 0.15) is 6.10 Å². The van der Waals surface area contributed by atoms with Crippen LogP contribution in [-0.4, -0.2) is 37.0 Å². The SMILES string of the molecule is C=C(C)C(=O)O.CCCCCCC(C)COCC1CO1. The molecule has 1 aliphatic heterocycles. The van der Waals surface area contributed by atoms with Crippen LogP contribution < -0.4 is 0 Å². The number of aliphatic carboxylic acids is 1. The summed E-state index contributed by atoms with van der Waals surface area (Å²) in [6, 6.07) is 0. The second-order valence-electron chi connectivity index (χ2n) is 5.53. The Morgan fingerprint density at radius 2 is 2.05 bits per heavy atom. The van der Waals surface area contributed by atoms with Crippen molar-refractivity contribution in [2.24, 2.45) is 5.92 Å². The Kier molecular flexibility index (Phi) is 11.4. The fraction of sp³-hybridized carbons (Fsp3) is 0.812. The number of hydrogen-bond acceptors (Lipinski definition) is 3. The fourth-order valence-electron chi connectivity index (χ4n) is 1.57. The maximum atomic E-state index is 9.60. The normalized spacial score (nSPS) is 17.9. The number of rotatable bonds is 10. The summed E-state index contributed by atoms with van der Waals surface area (Å²) in [5.74, 6) is -0.222. The average Bonchev–Trinajstić information content (AvgIpc) is 3.19.